The molecule has 0 unspecified atom stereocenters. The number of hydrogen-bond donors (Lipinski definition) is 4. The molecule has 12 heteroatoms. The molecule has 0 radical (unpaired) electrons. The van der Waals surface area contributed by atoms with E-state index in [-0.39, 0.29) is 12.1 Å². The number of ether oxygens (including phenoxy) is 6. The van der Waals surface area contributed by atoms with Crippen LogP contribution in [0, 0.1) is 11.8 Å². The quantitative estimate of drug-likeness (QED) is 0.298. The summed E-state index contributed by atoms with van der Waals surface area (Å²) < 4.78 is 32.0. The summed E-state index contributed by atoms with van der Waals surface area (Å²) in [5, 5.41) is 11.6. The lowest BCUT2D eigenvalue weighted by molar-refractivity contribution is 0.230. The van der Waals surface area contributed by atoms with Crippen LogP contribution in [0.15, 0.2) is 24.3 Å². The number of carbonyl (C=O) groups excluding carboxylic acids is 2. The minimum absolute atomic E-state index is 0.310. The number of hydrogen-bond acceptors (Lipinski definition) is 8. The first-order valence-corrected chi connectivity index (χ1v) is 13.0. The zero-order valence-corrected chi connectivity index (χ0v) is 24.0. The second-order valence-electron chi connectivity index (χ2n) is 9.40. The molecule has 0 spiro atoms. The molecule has 4 N–H and O–H groups in total. The zero-order chi connectivity index (χ0) is 29.1. The predicted molar refractivity (Wildman–Crippen MR) is 152 cm³/mol. The van der Waals surface area contributed by atoms with Crippen molar-refractivity contribution >= 4 is 23.4 Å². The van der Waals surface area contributed by atoms with Gasteiger partial charge in [-0.25, -0.2) is 9.59 Å². The summed E-state index contributed by atoms with van der Waals surface area (Å²) >= 11 is 0. The summed E-state index contributed by atoms with van der Waals surface area (Å²) in [5.74, 6) is 3.34. The Kier molecular flexibility index (Phi) is 11.2. The largest absolute Gasteiger partial charge is 0.493 e. The fourth-order valence-electron chi connectivity index (χ4n) is 4.90. The number of methoxy groups -OCH3 is 6. The molecule has 40 heavy (non-hydrogen) atoms. The van der Waals surface area contributed by atoms with E-state index in [1.807, 2.05) is 0 Å². The van der Waals surface area contributed by atoms with Crippen molar-refractivity contribution in [3.05, 3.63) is 24.3 Å². The second-order valence-corrected chi connectivity index (χ2v) is 9.40. The van der Waals surface area contributed by atoms with Gasteiger partial charge in [0, 0.05) is 37.4 Å². The SMILES string of the molecule is COc1cc(NC(=O)NC[C@H]2CCC[C@H](CNC(=O)Nc3cc(OC)c(OC)c(OC)c3)C2)cc(OC)c1OC. The molecule has 0 heterocycles. The topological polar surface area (TPSA) is 138 Å². The third-order valence-electron chi connectivity index (χ3n) is 6.84. The second kappa shape index (κ2) is 14.8. The lowest BCUT2D eigenvalue weighted by Gasteiger charge is -2.29. The molecular weight excluding hydrogens is 520 g/mol. The van der Waals surface area contributed by atoms with Gasteiger partial charge in [-0.3, -0.25) is 0 Å². The highest BCUT2D eigenvalue weighted by Crippen LogP contribution is 2.41. The van der Waals surface area contributed by atoms with Gasteiger partial charge in [-0.1, -0.05) is 6.42 Å². The van der Waals surface area contributed by atoms with E-state index in [2.05, 4.69) is 21.3 Å². The lowest BCUT2D eigenvalue weighted by atomic mass is 9.81. The van der Waals surface area contributed by atoms with Crippen LogP contribution in [0.5, 0.6) is 34.5 Å². The van der Waals surface area contributed by atoms with E-state index in [0.29, 0.717) is 70.8 Å². The van der Waals surface area contributed by atoms with Crippen LogP contribution >= 0.6 is 0 Å². The van der Waals surface area contributed by atoms with E-state index in [1.165, 1.54) is 42.7 Å². The first-order valence-electron chi connectivity index (χ1n) is 13.0. The monoisotopic (exact) mass is 560 g/mol. The molecular formula is C28H40N4O8. The van der Waals surface area contributed by atoms with E-state index in [4.69, 9.17) is 28.4 Å². The Morgan fingerprint density at radius 3 is 1.27 bits per heavy atom. The van der Waals surface area contributed by atoms with E-state index < -0.39 is 0 Å². The van der Waals surface area contributed by atoms with Gasteiger partial charge in [0.2, 0.25) is 11.5 Å². The van der Waals surface area contributed by atoms with E-state index in [9.17, 15) is 9.59 Å². The number of amides is 4. The van der Waals surface area contributed by atoms with Gasteiger partial charge in [-0.05, 0) is 31.1 Å². The Bertz CT molecular complexity index is 1020. The van der Waals surface area contributed by atoms with Crippen molar-refractivity contribution in [3.63, 3.8) is 0 Å². The molecule has 3 rings (SSSR count). The molecule has 2 aromatic carbocycles. The minimum atomic E-state index is -0.320. The minimum Gasteiger partial charge on any atom is -0.493 e. The average Bonchev–Trinajstić information content (AvgIpc) is 2.98. The Morgan fingerprint density at radius 1 is 0.625 bits per heavy atom. The van der Waals surface area contributed by atoms with Crippen molar-refractivity contribution in [1.29, 1.82) is 0 Å². The van der Waals surface area contributed by atoms with Gasteiger partial charge < -0.3 is 49.7 Å². The van der Waals surface area contributed by atoms with Gasteiger partial charge in [0.15, 0.2) is 23.0 Å². The summed E-state index contributed by atoms with van der Waals surface area (Å²) in [4.78, 5) is 25.2. The molecule has 2 aromatic rings. The maximum absolute atomic E-state index is 12.6. The lowest BCUT2D eigenvalue weighted by Crippen LogP contribution is -2.38. The molecule has 2 atom stereocenters. The maximum Gasteiger partial charge on any atom is 0.319 e. The highest BCUT2D eigenvalue weighted by Gasteiger charge is 2.23. The molecule has 1 fully saturated rings. The van der Waals surface area contributed by atoms with Crippen molar-refractivity contribution in [2.75, 3.05) is 66.4 Å². The fraction of sp³-hybridized carbons (Fsp3) is 0.500. The van der Waals surface area contributed by atoms with Crippen molar-refractivity contribution in [2.45, 2.75) is 25.7 Å². The van der Waals surface area contributed by atoms with Crippen molar-refractivity contribution < 1.29 is 38.0 Å². The molecule has 12 nitrogen and oxygen atoms in total. The van der Waals surface area contributed by atoms with Crippen LogP contribution in [0.3, 0.4) is 0 Å². The van der Waals surface area contributed by atoms with Gasteiger partial charge in [-0.15, -0.1) is 0 Å². The molecule has 0 bridgehead atoms. The summed E-state index contributed by atoms with van der Waals surface area (Å²) in [5.41, 5.74) is 1.05. The van der Waals surface area contributed by atoms with Crippen LogP contribution in [0.1, 0.15) is 25.7 Å². The molecule has 4 amide bonds. The highest BCUT2D eigenvalue weighted by atomic mass is 16.5. The Morgan fingerprint density at radius 2 is 0.975 bits per heavy atom. The molecule has 0 aliphatic heterocycles. The standard InChI is InChI=1S/C28H40N4O8/c1-35-21-11-19(12-22(36-2)25(21)39-5)31-27(33)29-15-17-8-7-9-18(10-17)16-30-28(34)32-20-13-23(37-3)26(40-6)24(14-20)38-4/h11-14,17-18H,7-10,15-16H2,1-6H3,(H2,29,31,33)(H2,30,32,34)/t17-,18-/m0/s1. The first kappa shape index (κ1) is 30.3. The number of nitrogens with one attached hydrogen (secondary N) is 4. The zero-order valence-electron chi connectivity index (χ0n) is 24.0. The van der Waals surface area contributed by atoms with Crippen molar-refractivity contribution in [1.82, 2.24) is 10.6 Å². The van der Waals surface area contributed by atoms with Crippen molar-refractivity contribution in [2.24, 2.45) is 11.8 Å². The van der Waals surface area contributed by atoms with Crippen molar-refractivity contribution in [3.8, 4) is 34.5 Å². The summed E-state index contributed by atoms with van der Waals surface area (Å²) in [6.45, 7) is 1.06. The van der Waals surface area contributed by atoms with Crippen LogP contribution in [0.4, 0.5) is 21.0 Å². The normalized spacial score (nSPS) is 16.2. The van der Waals surface area contributed by atoms with Gasteiger partial charge in [0.05, 0.1) is 54.0 Å². The van der Waals surface area contributed by atoms with Gasteiger partial charge >= 0.3 is 12.1 Å². The third-order valence-corrected chi connectivity index (χ3v) is 6.84. The van der Waals surface area contributed by atoms with Crippen LogP contribution in [0.2, 0.25) is 0 Å². The number of carbonyl (C=O) groups is 2. The Labute approximate surface area is 235 Å². The van der Waals surface area contributed by atoms with Gasteiger partial charge in [0.1, 0.15) is 0 Å². The number of urea groups is 2. The van der Waals surface area contributed by atoms with Crippen LogP contribution in [-0.2, 0) is 0 Å². The Hall–Kier alpha value is -4.22. The van der Waals surface area contributed by atoms with E-state index in [0.717, 1.165) is 25.7 Å². The number of benzene rings is 2. The predicted octanol–water partition coefficient (Wildman–Crippen LogP) is 4.49. The van der Waals surface area contributed by atoms with Crippen LogP contribution < -0.4 is 49.7 Å². The van der Waals surface area contributed by atoms with Crippen LogP contribution in [-0.4, -0.2) is 67.8 Å². The summed E-state index contributed by atoms with van der Waals surface area (Å²) in [6, 6.07) is 6.05. The smallest absolute Gasteiger partial charge is 0.319 e. The molecule has 1 aliphatic rings. The summed E-state index contributed by atoms with van der Waals surface area (Å²) in [7, 11) is 9.13. The summed E-state index contributed by atoms with van der Waals surface area (Å²) in [6.07, 6.45) is 3.95. The van der Waals surface area contributed by atoms with Gasteiger partial charge in [0.25, 0.3) is 0 Å². The van der Waals surface area contributed by atoms with Gasteiger partial charge in [-0.2, -0.15) is 0 Å². The fourth-order valence-corrected chi connectivity index (χ4v) is 4.90. The molecule has 0 aromatic heterocycles. The highest BCUT2D eigenvalue weighted by molar-refractivity contribution is 5.91. The third kappa shape index (κ3) is 7.90. The average molecular weight is 561 g/mol. The number of rotatable bonds is 12. The van der Waals surface area contributed by atoms with E-state index in [1.54, 1.807) is 24.3 Å². The Balaban J connectivity index is 1.47. The molecule has 1 aliphatic carbocycles. The molecule has 1 saturated carbocycles. The molecule has 0 saturated heterocycles. The van der Waals surface area contributed by atoms with Crippen LogP contribution in [0.25, 0.3) is 0 Å². The first-order chi connectivity index (χ1) is 19.3. The maximum atomic E-state index is 12.6. The molecule has 220 valence electrons. The van der Waals surface area contributed by atoms with E-state index >= 15 is 0 Å². The number of anilines is 2.